The molecule has 0 bridgehead atoms. The molecule has 3 N–H and O–H groups in total. The number of rotatable bonds is 4. The van der Waals surface area contributed by atoms with Crippen molar-refractivity contribution in [3.05, 3.63) is 35.4 Å². The first-order valence-corrected chi connectivity index (χ1v) is 6.29. The summed E-state index contributed by atoms with van der Waals surface area (Å²) in [6, 6.07) is 8.56. The zero-order valence-corrected chi connectivity index (χ0v) is 11.5. The van der Waals surface area contributed by atoms with Crippen molar-refractivity contribution in [1.29, 1.82) is 0 Å². The van der Waals surface area contributed by atoms with E-state index in [1.54, 1.807) is 0 Å². The van der Waals surface area contributed by atoms with Crippen molar-refractivity contribution in [3.8, 4) is 0 Å². The van der Waals surface area contributed by atoms with E-state index in [2.05, 4.69) is 29.6 Å². The second-order valence-corrected chi connectivity index (χ2v) is 2.89. The van der Waals surface area contributed by atoms with Crippen LogP contribution in [0.4, 0.5) is 0 Å². The first kappa shape index (κ1) is 17.5. The predicted octanol–water partition coefficient (Wildman–Crippen LogP) is 2.96. The molecule has 0 fully saturated rings. The lowest BCUT2D eigenvalue weighted by atomic mass is 10.1. The molecule has 16 heavy (non-hydrogen) atoms. The first-order chi connectivity index (χ1) is 7.86. The van der Waals surface area contributed by atoms with Gasteiger partial charge in [0, 0.05) is 6.54 Å². The van der Waals surface area contributed by atoms with E-state index in [-0.39, 0.29) is 0 Å². The van der Waals surface area contributed by atoms with Crippen molar-refractivity contribution in [3.63, 3.8) is 0 Å². The smallest absolute Gasteiger partial charge is 0.0202 e. The SMILES string of the molecule is CC.CC.CNCc1ccc(CCN)cc1. The van der Waals surface area contributed by atoms with E-state index in [1.807, 2.05) is 34.7 Å². The van der Waals surface area contributed by atoms with Gasteiger partial charge < -0.3 is 11.1 Å². The Morgan fingerprint density at radius 2 is 1.38 bits per heavy atom. The maximum absolute atomic E-state index is 5.44. The number of hydrogen-bond acceptors (Lipinski definition) is 2. The Hall–Kier alpha value is -0.860. The Morgan fingerprint density at radius 1 is 0.938 bits per heavy atom. The maximum Gasteiger partial charge on any atom is 0.0202 e. The molecular formula is C14H28N2. The number of benzene rings is 1. The number of nitrogens with one attached hydrogen (secondary N) is 1. The van der Waals surface area contributed by atoms with Gasteiger partial charge in [-0.2, -0.15) is 0 Å². The van der Waals surface area contributed by atoms with Crippen molar-refractivity contribution < 1.29 is 0 Å². The molecule has 0 aliphatic carbocycles. The highest BCUT2D eigenvalue weighted by Gasteiger charge is 1.92. The maximum atomic E-state index is 5.44. The minimum absolute atomic E-state index is 0.728. The van der Waals surface area contributed by atoms with Gasteiger partial charge in [-0.3, -0.25) is 0 Å². The van der Waals surface area contributed by atoms with Crippen LogP contribution in [0, 0.1) is 0 Å². The fraction of sp³-hybridized carbons (Fsp3) is 0.571. The number of hydrogen-bond donors (Lipinski definition) is 2. The fourth-order valence-corrected chi connectivity index (χ4v) is 1.19. The summed E-state index contributed by atoms with van der Waals surface area (Å²) < 4.78 is 0. The van der Waals surface area contributed by atoms with E-state index in [4.69, 9.17) is 5.73 Å². The average Bonchev–Trinajstić information content (AvgIpc) is 2.37. The van der Waals surface area contributed by atoms with Gasteiger partial charge in [0.15, 0.2) is 0 Å². The van der Waals surface area contributed by atoms with Crippen molar-refractivity contribution in [2.45, 2.75) is 40.7 Å². The van der Waals surface area contributed by atoms with Crippen LogP contribution in [0.5, 0.6) is 0 Å². The Bertz CT molecular complexity index is 192. The molecule has 0 saturated carbocycles. The molecule has 0 unspecified atom stereocenters. The third-order valence-electron chi connectivity index (χ3n) is 1.84. The van der Waals surface area contributed by atoms with Crippen LogP contribution in [0.3, 0.4) is 0 Å². The molecule has 0 heterocycles. The van der Waals surface area contributed by atoms with E-state index in [1.165, 1.54) is 11.1 Å². The highest BCUT2D eigenvalue weighted by Crippen LogP contribution is 2.03. The summed E-state index contributed by atoms with van der Waals surface area (Å²) in [5.41, 5.74) is 8.08. The van der Waals surface area contributed by atoms with E-state index in [9.17, 15) is 0 Å². The molecular weight excluding hydrogens is 196 g/mol. The van der Waals surface area contributed by atoms with Crippen LogP contribution < -0.4 is 11.1 Å². The monoisotopic (exact) mass is 224 g/mol. The van der Waals surface area contributed by atoms with Gasteiger partial charge in [0.25, 0.3) is 0 Å². The molecule has 2 nitrogen and oxygen atoms in total. The van der Waals surface area contributed by atoms with Crippen molar-refractivity contribution in [2.75, 3.05) is 13.6 Å². The van der Waals surface area contributed by atoms with Crippen LogP contribution in [0.1, 0.15) is 38.8 Å². The molecule has 0 radical (unpaired) electrons. The molecule has 0 aliphatic rings. The van der Waals surface area contributed by atoms with Crippen LogP contribution in [0.2, 0.25) is 0 Å². The van der Waals surface area contributed by atoms with E-state index in [0.29, 0.717) is 0 Å². The van der Waals surface area contributed by atoms with Gasteiger partial charge in [0.1, 0.15) is 0 Å². The Kier molecular flexibility index (Phi) is 15.5. The molecule has 2 heteroatoms. The van der Waals surface area contributed by atoms with Crippen LogP contribution in [-0.2, 0) is 13.0 Å². The normalized spacial score (nSPS) is 8.38. The third kappa shape index (κ3) is 8.45. The summed E-state index contributed by atoms with van der Waals surface area (Å²) in [6.45, 7) is 9.66. The largest absolute Gasteiger partial charge is 0.330 e. The molecule has 1 aromatic carbocycles. The zero-order valence-electron chi connectivity index (χ0n) is 11.5. The van der Waals surface area contributed by atoms with E-state index in [0.717, 1.165) is 19.5 Å². The summed E-state index contributed by atoms with van der Waals surface area (Å²) in [7, 11) is 1.95. The summed E-state index contributed by atoms with van der Waals surface area (Å²) in [4.78, 5) is 0. The Balaban J connectivity index is 0. The molecule has 94 valence electrons. The quantitative estimate of drug-likeness (QED) is 0.825. The Morgan fingerprint density at radius 3 is 1.75 bits per heavy atom. The second kappa shape index (κ2) is 14.1. The van der Waals surface area contributed by atoms with Gasteiger partial charge in [-0.05, 0) is 31.1 Å². The summed E-state index contributed by atoms with van der Waals surface area (Å²) >= 11 is 0. The van der Waals surface area contributed by atoms with Gasteiger partial charge in [0.05, 0.1) is 0 Å². The van der Waals surface area contributed by atoms with Gasteiger partial charge in [-0.15, -0.1) is 0 Å². The third-order valence-corrected chi connectivity index (χ3v) is 1.84. The lowest BCUT2D eigenvalue weighted by Gasteiger charge is -2.01. The molecule has 0 amide bonds. The lowest BCUT2D eigenvalue weighted by molar-refractivity contribution is 0.816. The summed E-state index contributed by atoms with van der Waals surface area (Å²) in [6.07, 6.45) is 0.972. The zero-order chi connectivity index (χ0) is 12.8. The van der Waals surface area contributed by atoms with E-state index < -0.39 is 0 Å². The molecule has 0 saturated heterocycles. The summed E-state index contributed by atoms with van der Waals surface area (Å²) in [5.74, 6) is 0. The molecule has 0 aliphatic heterocycles. The molecule has 0 aromatic heterocycles. The van der Waals surface area contributed by atoms with Crippen LogP contribution in [-0.4, -0.2) is 13.6 Å². The molecule has 0 spiro atoms. The number of nitrogens with two attached hydrogens (primary N) is 1. The van der Waals surface area contributed by atoms with Gasteiger partial charge in [-0.25, -0.2) is 0 Å². The minimum atomic E-state index is 0.728. The average molecular weight is 224 g/mol. The lowest BCUT2D eigenvalue weighted by Crippen LogP contribution is -2.05. The van der Waals surface area contributed by atoms with Crippen LogP contribution in [0.25, 0.3) is 0 Å². The van der Waals surface area contributed by atoms with Crippen molar-refractivity contribution in [1.82, 2.24) is 5.32 Å². The minimum Gasteiger partial charge on any atom is -0.330 e. The predicted molar refractivity (Wildman–Crippen MR) is 74.7 cm³/mol. The Labute approximate surface area is 101 Å². The standard InChI is InChI=1S/C10H16N2.2C2H6/c1-12-8-10-4-2-9(3-5-10)6-7-11;2*1-2/h2-5,12H,6-8,11H2,1H3;2*1-2H3. The van der Waals surface area contributed by atoms with Gasteiger partial charge >= 0.3 is 0 Å². The van der Waals surface area contributed by atoms with Crippen LogP contribution in [0.15, 0.2) is 24.3 Å². The highest BCUT2D eigenvalue weighted by atomic mass is 14.8. The molecule has 1 rings (SSSR count). The molecule has 1 aromatic rings. The topological polar surface area (TPSA) is 38.0 Å². The van der Waals surface area contributed by atoms with Gasteiger partial charge in [0.2, 0.25) is 0 Å². The molecule has 0 atom stereocenters. The van der Waals surface area contributed by atoms with Crippen molar-refractivity contribution >= 4 is 0 Å². The van der Waals surface area contributed by atoms with Crippen molar-refractivity contribution in [2.24, 2.45) is 5.73 Å². The van der Waals surface area contributed by atoms with Crippen LogP contribution >= 0.6 is 0 Å². The van der Waals surface area contributed by atoms with Gasteiger partial charge in [-0.1, -0.05) is 52.0 Å². The van der Waals surface area contributed by atoms with E-state index >= 15 is 0 Å². The first-order valence-electron chi connectivity index (χ1n) is 6.29. The highest BCUT2D eigenvalue weighted by molar-refractivity contribution is 5.22. The second-order valence-electron chi connectivity index (χ2n) is 2.89. The fourth-order valence-electron chi connectivity index (χ4n) is 1.19. The summed E-state index contributed by atoms with van der Waals surface area (Å²) in [5, 5.41) is 3.11.